The van der Waals surface area contributed by atoms with Crippen molar-refractivity contribution < 1.29 is 4.79 Å². The van der Waals surface area contributed by atoms with Crippen LogP contribution in [-0.4, -0.2) is 40.1 Å². The highest BCUT2D eigenvalue weighted by Crippen LogP contribution is 2.41. The topological polar surface area (TPSA) is 74.2 Å². The number of carbonyl (C=O) groups excluding carboxylic acids is 1. The first kappa shape index (κ1) is 18.3. The van der Waals surface area contributed by atoms with Crippen molar-refractivity contribution in [1.29, 1.82) is 0 Å². The van der Waals surface area contributed by atoms with E-state index in [1.54, 1.807) is 12.4 Å². The zero-order valence-electron chi connectivity index (χ0n) is 17.5. The largest absolute Gasteiger partial charge is 0.366 e. The Labute approximate surface area is 181 Å². The van der Waals surface area contributed by atoms with Gasteiger partial charge in [0.15, 0.2) is 5.82 Å². The summed E-state index contributed by atoms with van der Waals surface area (Å²) in [5.41, 5.74) is 5.06. The fourth-order valence-corrected chi connectivity index (χ4v) is 4.69. The van der Waals surface area contributed by atoms with E-state index in [1.165, 1.54) is 18.4 Å². The molecule has 1 unspecified atom stereocenters. The van der Waals surface area contributed by atoms with Crippen molar-refractivity contribution >= 4 is 23.4 Å². The van der Waals surface area contributed by atoms with Gasteiger partial charge in [0.25, 0.3) is 0 Å². The summed E-state index contributed by atoms with van der Waals surface area (Å²) in [6.07, 6.45) is 6.95. The van der Waals surface area contributed by atoms with Crippen LogP contribution < -0.4 is 15.1 Å². The molecule has 2 aliphatic heterocycles. The molecule has 1 aliphatic carbocycles. The number of anilines is 3. The van der Waals surface area contributed by atoms with Gasteiger partial charge < -0.3 is 4.90 Å². The zero-order chi connectivity index (χ0) is 20.9. The van der Waals surface area contributed by atoms with E-state index in [1.807, 2.05) is 42.2 Å². The van der Waals surface area contributed by atoms with Gasteiger partial charge >= 0.3 is 6.03 Å². The second-order valence-corrected chi connectivity index (χ2v) is 8.66. The van der Waals surface area contributed by atoms with Crippen LogP contribution in [0.5, 0.6) is 0 Å². The minimum absolute atomic E-state index is 0.112. The normalized spacial score (nSPS) is 19.3. The number of aryl methyl sites for hydroxylation is 1. The summed E-state index contributed by atoms with van der Waals surface area (Å²) in [4.78, 5) is 31.2. The van der Waals surface area contributed by atoms with Crippen molar-refractivity contribution in [2.24, 2.45) is 0 Å². The van der Waals surface area contributed by atoms with Gasteiger partial charge in [0.05, 0.1) is 17.4 Å². The maximum Gasteiger partial charge on any atom is 0.329 e. The number of amides is 2. The Bertz CT molecular complexity index is 1170. The highest BCUT2D eigenvalue weighted by Gasteiger charge is 2.40. The van der Waals surface area contributed by atoms with Crippen molar-refractivity contribution in [1.82, 2.24) is 15.0 Å². The lowest BCUT2D eigenvalue weighted by molar-refractivity contribution is 0.254. The van der Waals surface area contributed by atoms with E-state index < -0.39 is 0 Å². The van der Waals surface area contributed by atoms with Gasteiger partial charge in [-0.3, -0.25) is 15.2 Å². The molecule has 6 rings (SSSR count). The summed E-state index contributed by atoms with van der Waals surface area (Å²) in [5, 5.41) is 3.03. The average molecular weight is 412 g/mol. The number of fused-ring (bicyclic) bond motifs is 4. The molecule has 156 valence electrons. The van der Waals surface area contributed by atoms with Crippen LogP contribution in [0, 0.1) is 6.92 Å². The van der Waals surface area contributed by atoms with E-state index in [0.29, 0.717) is 11.7 Å². The number of nitrogens with zero attached hydrogens (tertiary/aromatic N) is 5. The Morgan fingerprint density at radius 2 is 1.94 bits per heavy atom. The van der Waals surface area contributed by atoms with Gasteiger partial charge in [0, 0.05) is 36.7 Å². The molecule has 2 fully saturated rings. The van der Waals surface area contributed by atoms with Crippen LogP contribution in [0.3, 0.4) is 0 Å². The molecule has 1 N–H and O–H groups in total. The second-order valence-electron chi connectivity index (χ2n) is 8.66. The molecule has 0 spiro atoms. The summed E-state index contributed by atoms with van der Waals surface area (Å²) in [6.45, 7) is 3.74. The first-order valence-electron chi connectivity index (χ1n) is 10.9. The number of aromatic nitrogens is 3. The van der Waals surface area contributed by atoms with Crippen molar-refractivity contribution in [2.45, 2.75) is 38.1 Å². The van der Waals surface area contributed by atoms with Crippen LogP contribution in [0.15, 0.2) is 48.8 Å². The van der Waals surface area contributed by atoms with E-state index in [9.17, 15) is 4.79 Å². The van der Waals surface area contributed by atoms with Crippen molar-refractivity contribution in [3.63, 3.8) is 0 Å². The molecule has 1 saturated heterocycles. The lowest BCUT2D eigenvalue weighted by Crippen LogP contribution is -2.48. The molecule has 31 heavy (non-hydrogen) atoms. The maximum atomic E-state index is 13.4. The van der Waals surface area contributed by atoms with Gasteiger partial charge in [-0.2, -0.15) is 0 Å². The molecule has 2 amide bonds. The summed E-state index contributed by atoms with van der Waals surface area (Å²) in [6, 6.07) is 12.1. The fourth-order valence-electron chi connectivity index (χ4n) is 4.69. The summed E-state index contributed by atoms with van der Waals surface area (Å²) < 4.78 is 0. The molecule has 5 heterocycles. The van der Waals surface area contributed by atoms with Crippen molar-refractivity contribution in [3.05, 3.63) is 60.0 Å². The predicted molar refractivity (Wildman–Crippen MR) is 121 cm³/mol. The molecular weight excluding hydrogens is 388 g/mol. The van der Waals surface area contributed by atoms with Crippen LogP contribution in [0.25, 0.3) is 11.3 Å². The average Bonchev–Trinajstić information content (AvgIpc) is 3.55. The minimum Gasteiger partial charge on any atom is -0.366 e. The van der Waals surface area contributed by atoms with Crippen molar-refractivity contribution in [2.75, 3.05) is 28.2 Å². The summed E-state index contributed by atoms with van der Waals surface area (Å²) in [7, 11) is 0. The standard InChI is InChI=1S/C24H24N6O/c1-15-12-18(7-9-25-15)20-4-5-21-23(27-20)30(19-8-11-29(21)14-19)24(31)28-22-13-17(6-10-26-22)16-2-3-16/h4-7,9-10,12-13,16,19H,2-3,8,11,14H2,1H3,(H,26,28,31). The third-order valence-electron chi connectivity index (χ3n) is 6.43. The number of urea groups is 1. The van der Waals surface area contributed by atoms with Gasteiger partial charge in [-0.25, -0.2) is 14.8 Å². The lowest BCUT2D eigenvalue weighted by atomic mass is 10.1. The first-order valence-corrected chi connectivity index (χ1v) is 10.9. The molecule has 1 atom stereocenters. The minimum atomic E-state index is -0.163. The third kappa shape index (κ3) is 3.30. The molecule has 3 aliphatic rings. The maximum absolute atomic E-state index is 13.4. The van der Waals surface area contributed by atoms with Crippen LogP contribution in [0.4, 0.5) is 22.1 Å². The Morgan fingerprint density at radius 1 is 1.06 bits per heavy atom. The smallest absolute Gasteiger partial charge is 0.329 e. The Hall–Kier alpha value is -3.48. The van der Waals surface area contributed by atoms with E-state index in [0.717, 1.165) is 48.0 Å². The summed E-state index contributed by atoms with van der Waals surface area (Å²) >= 11 is 0. The molecular formula is C24H24N6O. The molecule has 3 aromatic heterocycles. The monoisotopic (exact) mass is 412 g/mol. The molecule has 3 aromatic rings. The lowest BCUT2D eigenvalue weighted by Gasteiger charge is -2.35. The van der Waals surface area contributed by atoms with Crippen LogP contribution >= 0.6 is 0 Å². The number of hydrogen-bond acceptors (Lipinski definition) is 5. The Morgan fingerprint density at radius 3 is 2.77 bits per heavy atom. The quantitative estimate of drug-likeness (QED) is 0.692. The van der Waals surface area contributed by atoms with Crippen LogP contribution in [0.2, 0.25) is 0 Å². The van der Waals surface area contributed by atoms with Crippen molar-refractivity contribution in [3.8, 4) is 11.3 Å². The highest BCUT2D eigenvalue weighted by molar-refractivity contribution is 6.04. The molecule has 2 bridgehead atoms. The number of pyridine rings is 3. The van der Waals surface area contributed by atoms with E-state index >= 15 is 0 Å². The second kappa shape index (κ2) is 7.04. The van der Waals surface area contributed by atoms with Gasteiger partial charge in [-0.1, -0.05) is 0 Å². The van der Waals surface area contributed by atoms with E-state index in [-0.39, 0.29) is 12.1 Å². The number of carbonyl (C=O) groups is 1. The molecule has 7 nitrogen and oxygen atoms in total. The predicted octanol–water partition coefficient (Wildman–Crippen LogP) is 4.36. The number of nitrogens with one attached hydrogen (secondary N) is 1. The zero-order valence-corrected chi connectivity index (χ0v) is 17.5. The Balaban J connectivity index is 1.35. The third-order valence-corrected chi connectivity index (χ3v) is 6.43. The first-order chi connectivity index (χ1) is 15.2. The highest BCUT2D eigenvalue weighted by atomic mass is 16.2. The Kier molecular flexibility index (Phi) is 4.16. The number of hydrogen-bond donors (Lipinski definition) is 1. The molecule has 7 heteroatoms. The summed E-state index contributed by atoms with van der Waals surface area (Å²) in [5.74, 6) is 1.94. The fraction of sp³-hybridized carbons (Fsp3) is 0.333. The van der Waals surface area contributed by atoms with Gasteiger partial charge in [0.2, 0.25) is 0 Å². The molecule has 1 saturated carbocycles. The van der Waals surface area contributed by atoms with E-state index in [2.05, 4.69) is 26.3 Å². The van der Waals surface area contributed by atoms with Crippen LogP contribution in [0.1, 0.15) is 36.4 Å². The molecule has 0 aromatic carbocycles. The molecule has 0 radical (unpaired) electrons. The van der Waals surface area contributed by atoms with Gasteiger partial charge in [-0.05, 0) is 74.1 Å². The van der Waals surface area contributed by atoms with Gasteiger partial charge in [0.1, 0.15) is 5.82 Å². The van der Waals surface area contributed by atoms with Crippen LogP contribution in [-0.2, 0) is 0 Å². The SMILES string of the molecule is Cc1cc(-c2ccc3c(n2)N(C(=O)Nc2cc(C4CC4)ccn2)C2CCN3C2)ccn1. The number of rotatable bonds is 3. The van der Waals surface area contributed by atoms with E-state index in [4.69, 9.17) is 4.98 Å². The van der Waals surface area contributed by atoms with Gasteiger partial charge in [-0.15, -0.1) is 0 Å².